The van der Waals surface area contributed by atoms with Crippen LogP contribution in [0.3, 0.4) is 0 Å². The lowest BCUT2D eigenvalue weighted by molar-refractivity contribution is -0.133. The molecule has 1 amide bonds. The summed E-state index contributed by atoms with van der Waals surface area (Å²) >= 11 is 7.23. The molecule has 134 valence electrons. The zero-order chi connectivity index (χ0) is 18.7. The van der Waals surface area contributed by atoms with Crippen LogP contribution in [-0.2, 0) is 16.1 Å². The molecule has 0 unspecified atom stereocenters. The van der Waals surface area contributed by atoms with Gasteiger partial charge in [-0.15, -0.1) is 11.3 Å². The first-order valence-corrected chi connectivity index (χ1v) is 8.81. The zero-order valence-electron chi connectivity index (χ0n) is 13.7. The number of carbonyl (C=O) groups excluding carboxylic acids is 2. The third-order valence-electron chi connectivity index (χ3n) is 3.61. The van der Waals surface area contributed by atoms with E-state index in [1.807, 2.05) is 6.07 Å². The Balaban J connectivity index is 1.63. The quantitative estimate of drug-likeness (QED) is 0.623. The smallest absolute Gasteiger partial charge is 0.374 e. The van der Waals surface area contributed by atoms with E-state index in [9.17, 15) is 14.4 Å². The minimum Gasteiger partial charge on any atom is -0.450 e. The summed E-state index contributed by atoms with van der Waals surface area (Å²) in [5, 5.41) is 0.370. The predicted molar refractivity (Wildman–Crippen MR) is 98.6 cm³/mol. The second kappa shape index (κ2) is 7.72. The van der Waals surface area contributed by atoms with Crippen LogP contribution < -0.4 is 5.43 Å². The number of nitrogens with zero attached hydrogens (tertiary/aromatic N) is 1. The SMILES string of the molecule is CN(Cc1ccc(Cl)s1)C(=O)COC(=O)c1cc(=O)c2ccccc2o1. The summed E-state index contributed by atoms with van der Waals surface area (Å²) in [6.07, 6.45) is 0. The van der Waals surface area contributed by atoms with Crippen molar-refractivity contribution in [2.45, 2.75) is 6.54 Å². The monoisotopic (exact) mass is 391 g/mol. The Morgan fingerprint density at radius 2 is 2.00 bits per heavy atom. The normalized spacial score (nSPS) is 10.7. The third kappa shape index (κ3) is 4.12. The van der Waals surface area contributed by atoms with Gasteiger partial charge in [0.05, 0.1) is 16.3 Å². The van der Waals surface area contributed by atoms with Gasteiger partial charge in [0, 0.05) is 18.0 Å². The number of fused-ring (bicyclic) bond motifs is 1. The van der Waals surface area contributed by atoms with Crippen molar-refractivity contribution in [1.82, 2.24) is 4.90 Å². The van der Waals surface area contributed by atoms with Crippen molar-refractivity contribution in [2.24, 2.45) is 0 Å². The van der Waals surface area contributed by atoms with Gasteiger partial charge in [-0.25, -0.2) is 4.79 Å². The van der Waals surface area contributed by atoms with Crippen molar-refractivity contribution in [1.29, 1.82) is 0 Å². The molecular formula is C18H14ClNO5S. The summed E-state index contributed by atoms with van der Waals surface area (Å²) in [5.41, 5.74) is -0.0678. The van der Waals surface area contributed by atoms with E-state index in [0.29, 0.717) is 16.3 Å². The number of esters is 1. The number of rotatable bonds is 5. The number of likely N-dealkylation sites (N-methyl/N-ethyl adjacent to an activating group) is 1. The first kappa shape index (κ1) is 18.2. The summed E-state index contributed by atoms with van der Waals surface area (Å²) in [4.78, 5) is 38.5. The molecule has 0 aliphatic rings. The van der Waals surface area contributed by atoms with E-state index in [4.69, 9.17) is 20.8 Å². The molecule has 0 atom stereocenters. The second-order valence-electron chi connectivity index (χ2n) is 5.50. The number of para-hydroxylation sites is 1. The van der Waals surface area contributed by atoms with Crippen LogP contribution in [0.25, 0.3) is 11.0 Å². The number of hydrogen-bond donors (Lipinski definition) is 0. The fourth-order valence-corrected chi connectivity index (χ4v) is 3.41. The van der Waals surface area contributed by atoms with Crippen LogP contribution in [0.15, 0.2) is 51.7 Å². The molecule has 8 heteroatoms. The Morgan fingerprint density at radius 3 is 2.73 bits per heavy atom. The maximum absolute atomic E-state index is 12.1. The topological polar surface area (TPSA) is 76.8 Å². The minimum absolute atomic E-state index is 0.241. The van der Waals surface area contributed by atoms with Crippen LogP contribution in [0, 0.1) is 0 Å². The lowest BCUT2D eigenvalue weighted by Crippen LogP contribution is -2.30. The number of thiophene rings is 1. The zero-order valence-corrected chi connectivity index (χ0v) is 15.3. The summed E-state index contributed by atoms with van der Waals surface area (Å²) in [6, 6.07) is 11.2. The molecule has 2 heterocycles. The van der Waals surface area contributed by atoms with Gasteiger partial charge in [0.1, 0.15) is 5.58 Å². The molecular weight excluding hydrogens is 378 g/mol. The molecule has 6 nitrogen and oxygen atoms in total. The highest BCUT2D eigenvalue weighted by Crippen LogP contribution is 2.22. The lowest BCUT2D eigenvalue weighted by atomic mass is 10.2. The van der Waals surface area contributed by atoms with E-state index in [2.05, 4.69) is 0 Å². The van der Waals surface area contributed by atoms with Gasteiger partial charge in [0.15, 0.2) is 12.0 Å². The highest BCUT2D eigenvalue weighted by atomic mass is 35.5. The predicted octanol–water partition coefficient (Wildman–Crippen LogP) is 3.32. The van der Waals surface area contributed by atoms with Crippen LogP contribution in [-0.4, -0.2) is 30.4 Å². The maximum atomic E-state index is 12.1. The molecule has 3 aromatic rings. The Hall–Kier alpha value is -2.64. The summed E-state index contributed by atoms with van der Waals surface area (Å²) in [5.74, 6) is -1.49. The number of carbonyl (C=O) groups is 2. The van der Waals surface area contributed by atoms with Crippen LogP contribution in [0.1, 0.15) is 15.4 Å². The van der Waals surface area contributed by atoms with Crippen LogP contribution >= 0.6 is 22.9 Å². The Bertz CT molecular complexity index is 1030. The van der Waals surface area contributed by atoms with E-state index in [-0.39, 0.29) is 22.7 Å². The molecule has 2 aromatic heterocycles. The average Bonchev–Trinajstić information content (AvgIpc) is 3.04. The van der Waals surface area contributed by atoms with Crippen molar-refractivity contribution < 1.29 is 18.7 Å². The summed E-state index contributed by atoms with van der Waals surface area (Å²) < 4.78 is 11.0. The van der Waals surface area contributed by atoms with Gasteiger partial charge in [-0.2, -0.15) is 0 Å². The number of halogens is 1. The standard InChI is InChI=1S/C18H14ClNO5S/c1-20(9-11-6-7-16(19)26-11)17(22)10-24-18(23)15-8-13(21)12-4-2-3-5-14(12)25-15/h2-8H,9-10H2,1H3. The fraction of sp³-hybridized carbons (Fsp3) is 0.167. The van der Waals surface area contributed by atoms with Crippen molar-refractivity contribution in [3.05, 3.63) is 67.7 Å². The van der Waals surface area contributed by atoms with Gasteiger partial charge in [0.25, 0.3) is 5.91 Å². The Kier molecular flexibility index (Phi) is 5.39. The molecule has 0 aliphatic carbocycles. The van der Waals surface area contributed by atoms with Gasteiger partial charge >= 0.3 is 5.97 Å². The molecule has 3 rings (SSSR count). The number of ether oxygens (including phenoxy) is 1. The highest BCUT2D eigenvalue weighted by Gasteiger charge is 2.17. The highest BCUT2D eigenvalue weighted by molar-refractivity contribution is 7.16. The van der Waals surface area contributed by atoms with Crippen molar-refractivity contribution in [3.8, 4) is 0 Å². The average molecular weight is 392 g/mol. The van der Waals surface area contributed by atoms with Gasteiger partial charge in [-0.05, 0) is 24.3 Å². The van der Waals surface area contributed by atoms with Gasteiger partial charge in [-0.3, -0.25) is 9.59 Å². The van der Waals surface area contributed by atoms with Crippen molar-refractivity contribution in [2.75, 3.05) is 13.7 Å². The third-order valence-corrected chi connectivity index (χ3v) is 4.83. The van der Waals surface area contributed by atoms with Crippen molar-refractivity contribution >= 4 is 45.8 Å². The van der Waals surface area contributed by atoms with Crippen LogP contribution in [0.4, 0.5) is 0 Å². The first-order valence-electron chi connectivity index (χ1n) is 7.62. The van der Waals surface area contributed by atoms with Gasteiger partial charge < -0.3 is 14.1 Å². The van der Waals surface area contributed by atoms with Crippen LogP contribution in [0.2, 0.25) is 4.34 Å². The molecule has 0 bridgehead atoms. The number of benzene rings is 1. The van der Waals surface area contributed by atoms with E-state index in [0.717, 1.165) is 10.9 Å². The Labute approximate surface area is 157 Å². The molecule has 26 heavy (non-hydrogen) atoms. The largest absolute Gasteiger partial charge is 0.450 e. The van der Waals surface area contributed by atoms with E-state index in [1.165, 1.54) is 16.2 Å². The molecule has 1 aromatic carbocycles. The van der Waals surface area contributed by atoms with E-state index in [1.54, 1.807) is 37.4 Å². The number of hydrogen-bond acceptors (Lipinski definition) is 6. The summed E-state index contributed by atoms with van der Waals surface area (Å²) in [6.45, 7) is -0.0934. The van der Waals surface area contributed by atoms with Crippen LogP contribution in [0.5, 0.6) is 0 Å². The fourth-order valence-electron chi connectivity index (χ4n) is 2.27. The number of amides is 1. The lowest BCUT2D eigenvalue weighted by Gasteiger charge is -2.16. The Morgan fingerprint density at radius 1 is 1.23 bits per heavy atom. The molecule has 0 N–H and O–H groups in total. The van der Waals surface area contributed by atoms with E-state index >= 15 is 0 Å². The molecule has 0 aliphatic heterocycles. The minimum atomic E-state index is -0.867. The van der Waals surface area contributed by atoms with Crippen molar-refractivity contribution in [3.63, 3.8) is 0 Å². The maximum Gasteiger partial charge on any atom is 0.374 e. The van der Waals surface area contributed by atoms with Gasteiger partial charge in [-0.1, -0.05) is 23.7 Å². The second-order valence-corrected chi connectivity index (χ2v) is 7.30. The summed E-state index contributed by atoms with van der Waals surface area (Å²) in [7, 11) is 1.60. The molecule has 0 saturated heterocycles. The first-order chi connectivity index (χ1) is 12.4. The van der Waals surface area contributed by atoms with E-state index < -0.39 is 12.6 Å². The molecule has 0 fully saturated rings. The molecule has 0 saturated carbocycles. The molecule has 0 radical (unpaired) electrons. The molecule has 0 spiro atoms. The van der Waals surface area contributed by atoms with Gasteiger partial charge in [0.2, 0.25) is 5.76 Å².